The molecule has 1 aromatic rings. The SMILES string of the molecule is COCCCCC1=CC2C([C@H]3C=C[C@@H]2C3)[C@@]1(OC)c1ccccc1. The molecule has 0 amide bonds. The van der Waals surface area contributed by atoms with Gasteiger partial charge in [0.1, 0.15) is 5.60 Å². The second-order valence-electron chi connectivity index (χ2n) is 7.50. The molecular formula is C22H28O2. The summed E-state index contributed by atoms with van der Waals surface area (Å²) in [7, 11) is 3.69. The van der Waals surface area contributed by atoms with Gasteiger partial charge in [0.15, 0.2) is 0 Å². The van der Waals surface area contributed by atoms with Crippen LogP contribution in [0.1, 0.15) is 31.2 Å². The fourth-order valence-electron chi connectivity index (χ4n) is 5.51. The van der Waals surface area contributed by atoms with Gasteiger partial charge in [-0.25, -0.2) is 0 Å². The van der Waals surface area contributed by atoms with Crippen molar-refractivity contribution in [1.82, 2.24) is 0 Å². The van der Waals surface area contributed by atoms with E-state index in [0.717, 1.165) is 25.4 Å². The molecule has 0 aromatic heterocycles. The number of ether oxygens (including phenoxy) is 2. The highest BCUT2D eigenvalue weighted by Crippen LogP contribution is 2.63. The van der Waals surface area contributed by atoms with Crippen molar-refractivity contribution in [3.05, 3.63) is 59.7 Å². The van der Waals surface area contributed by atoms with Crippen LogP contribution in [0.4, 0.5) is 0 Å². The lowest BCUT2D eigenvalue weighted by atomic mass is 9.71. The molecule has 0 saturated heterocycles. The minimum absolute atomic E-state index is 0.233. The van der Waals surface area contributed by atoms with Crippen LogP contribution in [0.2, 0.25) is 0 Å². The molecule has 1 saturated carbocycles. The standard InChI is InChI=1S/C22H28O2/c1-23-13-7-6-10-19-15-20-16-11-12-17(14-16)21(20)22(19,24-2)18-8-4-3-5-9-18/h3-5,8-9,11-12,15-17,20-21H,6-7,10,13-14H2,1-2H3/t16-,17+,20?,21?,22-/m1/s1. The Balaban J connectivity index is 1.69. The molecule has 0 radical (unpaired) electrons. The van der Waals surface area contributed by atoms with Crippen molar-refractivity contribution < 1.29 is 9.47 Å². The Labute approximate surface area is 145 Å². The largest absolute Gasteiger partial charge is 0.385 e. The van der Waals surface area contributed by atoms with Crippen LogP contribution in [0.15, 0.2) is 54.1 Å². The van der Waals surface area contributed by atoms with Crippen LogP contribution < -0.4 is 0 Å². The van der Waals surface area contributed by atoms with Crippen LogP contribution in [0, 0.1) is 23.7 Å². The number of unbranched alkanes of at least 4 members (excludes halogenated alkanes) is 1. The van der Waals surface area contributed by atoms with Gasteiger partial charge in [0.05, 0.1) is 0 Å². The summed E-state index contributed by atoms with van der Waals surface area (Å²) < 4.78 is 11.6. The van der Waals surface area contributed by atoms with Crippen molar-refractivity contribution >= 4 is 0 Å². The first-order valence-electron chi connectivity index (χ1n) is 9.30. The third-order valence-electron chi connectivity index (χ3n) is 6.43. The molecule has 2 heteroatoms. The summed E-state index contributed by atoms with van der Waals surface area (Å²) in [5.74, 6) is 2.59. The van der Waals surface area contributed by atoms with Crippen LogP contribution in [-0.4, -0.2) is 20.8 Å². The normalized spacial score (nSPS) is 36.2. The van der Waals surface area contributed by atoms with E-state index in [0.29, 0.717) is 17.8 Å². The second kappa shape index (κ2) is 6.50. The lowest BCUT2D eigenvalue weighted by Crippen LogP contribution is -2.40. The van der Waals surface area contributed by atoms with Gasteiger partial charge in [-0.1, -0.05) is 48.6 Å². The summed E-state index contributed by atoms with van der Waals surface area (Å²) in [5, 5.41) is 0. The van der Waals surface area contributed by atoms with E-state index in [2.05, 4.69) is 48.6 Å². The van der Waals surface area contributed by atoms with Crippen molar-refractivity contribution in [3.63, 3.8) is 0 Å². The summed E-state index contributed by atoms with van der Waals surface area (Å²) >= 11 is 0. The molecule has 4 rings (SSSR count). The van der Waals surface area contributed by atoms with Crippen LogP contribution in [-0.2, 0) is 15.1 Å². The van der Waals surface area contributed by atoms with Gasteiger partial charge in [-0.15, -0.1) is 0 Å². The minimum atomic E-state index is -0.233. The maximum Gasteiger partial charge on any atom is 0.118 e. The van der Waals surface area contributed by atoms with Gasteiger partial charge >= 0.3 is 0 Å². The molecule has 5 atom stereocenters. The number of rotatable bonds is 7. The van der Waals surface area contributed by atoms with Gasteiger partial charge < -0.3 is 9.47 Å². The monoisotopic (exact) mass is 324 g/mol. The molecule has 3 aliphatic rings. The summed E-state index contributed by atoms with van der Waals surface area (Å²) in [6.07, 6.45) is 12.2. The highest BCUT2D eigenvalue weighted by atomic mass is 16.5. The van der Waals surface area contributed by atoms with Gasteiger partial charge in [0, 0.05) is 26.7 Å². The van der Waals surface area contributed by atoms with E-state index < -0.39 is 0 Å². The Hall–Kier alpha value is -1.38. The zero-order chi connectivity index (χ0) is 16.6. The molecule has 1 aromatic carbocycles. The third-order valence-corrected chi connectivity index (χ3v) is 6.43. The van der Waals surface area contributed by atoms with E-state index >= 15 is 0 Å². The number of fused-ring (bicyclic) bond motifs is 5. The molecular weight excluding hydrogens is 296 g/mol. The number of hydrogen-bond donors (Lipinski definition) is 0. The van der Waals surface area contributed by atoms with Crippen molar-refractivity contribution in [2.24, 2.45) is 23.7 Å². The van der Waals surface area contributed by atoms with E-state index in [9.17, 15) is 0 Å². The summed E-state index contributed by atoms with van der Waals surface area (Å²) in [5.41, 5.74) is 2.60. The Kier molecular flexibility index (Phi) is 4.36. The first kappa shape index (κ1) is 16.1. The molecule has 1 fully saturated rings. The van der Waals surface area contributed by atoms with E-state index in [-0.39, 0.29) is 5.60 Å². The van der Waals surface area contributed by atoms with Crippen molar-refractivity contribution in [2.45, 2.75) is 31.3 Å². The highest BCUT2D eigenvalue weighted by molar-refractivity contribution is 5.43. The van der Waals surface area contributed by atoms with E-state index in [1.807, 2.05) is 7.11 Å². The Bertz CT molecular complexity index is 633. The molecule has 0 aliphatic heterocycles. The van der Waals surface area contributed by atoms with Crippen molar-refractivity contribution in [3.8, 4) is 0 Å². The summed E-state index contributed by atoms with van der Waals surface area (Å²) in [6.45, 7) is 0.845. The zero-order valence-electron chi connectivity index (χ0n) is 14.8. The van der Waals surface area contributed by atoms with Crippen molar-refractivity contribution in [2.75, 3.05) is 20.8 Å². The quantitative estimate of drug-likeness (QED) is 0.533. The predicted octanol–water partition coefficient (Wildman–Crippen LogP) is 4.72. The van der Waals surface area contributed by atoms with Crippen LogP contribution >= 0.6 is 0 Å². The van der Waals surface area contributed by atoms with Crippen LogP contribution in [0.3, 0.4) is 0 Å². The first-order valence-corrected chi connectivity index (χ1v) is 9.30. The number of benzene rings is 1. The van der Waals surface area contributed by atoms with Crippen molar-refractivity contribution in [1.29, 1.82) is 0 Å². The average Bonchev–Trinajstić information content (AvgIpc) is 3.30. The van der Waals surface area contributed by atoms with Gasteiger partial charge in [0.25, 0.3) is 0 Å². The topological polar surface area (TPSA) is 18.5 Å². The Morgan fingerprint density at radius 1 is 1.04 bits per heavy atom. The molecule has 2 nitrogen and oxygen atoms in total. The first-order chi connectivity index (χ1) is 11.8. The molecule has 3 aliphatic carbocycles. The fourth-order valence-corrected chi connectivity index (χ4v) is 5.51. The fraction of sp³-hybridized carbons (Fsp3) is 0.545. The smallest absolute Gasteiger partial charge is 0.118 e. The van der Waals surface area contributed by atoms with Gasteiger partial charge in [-0.3, -0.25) is 0 Å². The minimum Gasteiger partial charge on any atom is -0.385 e. The lowest BCUT2D eigenvalue weighted by molar-refractivity contribution is -0.0429. The zero-order valence-corrected chi connectivity index (χ0v) is 14.8. The average molecular weight is 324 g/mol. The predicted molar refractivity (Wildman–Crippen MR) is 96.7 cm³/mol. The molecule has 2 unspecified atom stereocenters. The highest BCUT2D eigenvalue weighted by Gasteiger charge is 2.59. The number of methoxy groups -OCH3 is 2. The van der Waals surface area contributed by atoms with Gasteiger partial charge in [0.2, 0.25) is 0 Å². The molecule has 0 N–H and O–H groups in total. The maximum absolute atomic E-state index is 6.39. The molecule has 2 bridgehead atoms. The molecule has 24 heavy (non-hydrogen) atoms. The maximum atomic E-state index is 6.39. The van der Waals surface area contributed by atoms with E-state index in [4.69, 9.17) is 9.47 Å². The number of hydrogen-bond acceptors (Lipinski definition) is 2. The lowest BCUT2D eigenvalue weighted by Gasteiger charge is -2.41. The molecule has 0 heterocycles. The third kappa shape index (κ3) is 2.31. The summed E-state index contributed by atoms with van der Waals surface area (Å²) in [4.78, 5) is 0. The van der Waals surface area contributed by atoms with Gasteiger partial charge in [-0.05, 0) is 54.6 Å². The molecule has 128 valence electrons. The Morgan fingerprint density at radius 3 is 2.58 bits per heavy atom. The number of allylic oxidation sites excluding steroid dienone is 3. The van der Waals surface area contributed by atoms with Crippen LogP contribution in [0.25, 0.3) is 0 Å². The van der Waals surface area contributed by atoms with Crippen LogP contribution in [0.5, 0.6) is 0 Å². The van der Waals surface area contributed by atoms with E-state index in [1.54, 1.807) is 7.11 Å². The molecule has 0 spiro atoms. The van der Waals surface area contributed by atoms with E-state index in [1.165, 1.54) is 24.0 Å². The Morgan fingerprint density at radius 2 is 1.83 bits per heavy atom. The second-order valence-corrected chi connectivity index (χ2v) is 7.50. The summed E-state index contributed by atoms with van der Waals surface area (Å²) in [6, 6.07) is 10.9. The van der Waals surface area contributed by atoms with Gasteiger partial charge in [-0.2, -0.15) is 0 Å².